The zero-order valence-electron chi connectivity index (χ0n) is 7.75. The Morgan fingerprint density at radius 1 is 1.50 bits per heavy atom. The molecule has 0 saturated heterocycles. The maximum Gasteiger partial charge on any atom is 0.288 e. The van der Waals surface area contributed by atoms with Crippen LogP contribution in [0.1, 0.15) is 0 Å². The van der Waals surface area contributed by atoms with Crippen LogP contribution in [-0.4, -0.2) is 15.0 Å². The molecule has 0 aliphatic carbocycles. The van der Waals surface area contributed by atoms with E-state index in [0.717, 1.165) is 0 Å². The summed E-state index contributed by atoms with van der Waals surface area (Å²) < 4.78 is 0. The number of rotatable bonds is 2. The highest BCUT2D eigenvalue weighted by Gasteiger charge is 2.14. The smallest absolute Gasteiger partial charge is 0.288 e. The number of nitro benzene ring substituents is 1. The van der Waals surface area contributed by atoms with Crippen molar-refractivity contribution in [3.8, 4) is 16.5 Å². The molecule has 0 unspecified atom stereocenters. The molecule has 1 aromatic carbocycles. The minimum absolute atomic E-state index is 0.0783. The van der Waals surface area contributed by atoms with E-state index in [2.05, 4.69) is 4.98 Å². The van der Waals surface area contributed by atoms with Gasteiger partial charge in [-0.05, 0) is 12.1 Å². The monoisotopic (exact) mass is 256 g/mol. The van der Waals surface area contributed by atoms with Crippen LogP contribution in [0.2, 0.25) is 5.02 Å². The van der Waals surface area contributed by atoms with Crippen LogP contribution in [0.5, 0.6) is 5.88 Å². The lowest BCUT2D eigenvalue weighted by atomic mass is 10.2. The van der Waals surface area contributed by atoms with Crippen molar-refractivity contribution < 1.29 is 10.0 Å². The van der Waals surface area contributed by atoms with Crippen LogP contribution in [0.4, 0.5) is 5.69 Å². The quantitative estimate of drug-likeness (QED) is 0.662. The van der Waals surface area contributed by atoms with Crippen molar-refractivity contribution in [3.05, 3.63) is 38.7 Å². The first kappa shape index (κ1) is 10.8. The van der Waals surface area contributed by atoms with Gasteiger partial charge in [0, 0.05) is 11.6 Å². The van der Waals surface area contributed by atoms with E-state index in [1.807, 2.05) is 0 Å². The van der Waals surface area contributed by atoms with Crippen molar-refractivity contribution in [1.82, 2.24) is 4.98 Å². The zero-order valence-corrected chi connectivity index (χ0v) is 9.33. The maximum absolute atomic E-state index is 10.7. The Bertz CT molecular complexity index is 555. The molecule has 0 aliphatic rings. The molecule has 0 aliphatic heterocycles. The standard InChI is InChI=1S/C9H5ClN2O3S/c10-6-2-1-5(3-7(6)12(14)15)9-11-8(13)4-16-9/h1-4,13H. The van der Waals surface area contributed by atoms with Crippen LogP contribution in [-0.2, 0) is 0 Å². The van der Waals surface area contributed by atoms with Crippen LogP contribution < -0.4 is 0 Å². The first-order valence-electron chi connectivity index (χ1n) is 4.17. The highest BCUT2D eigenvalue weighted by Crippen LogP contribution is 2.32. The van der Waals surface area contributed by atoms with E-state index in [9.17, 15) is 10.1 Å². The van der Waals surface area contributed by atoms with Crippen molar-refractivity contribution in [1.29, 1.82) is 0 Å². The molecule has 82 valence electrons. The van der Waals surface area contributed by atoms with Crippen molar-refractivity contribution in [2.24, 2.45) is 0 Å². The SMILES string of the molecule is O=[N+]([O-])c1cc(-c2nc(O)cs2)ccc1Cl. The van der Waals surface area contributed by atoms with Gasteiger partial charge in [-0.3, -0.25) is 10.1 Å². The van der Waals surface area contributed by atoms with Gasteiger partial charge in [-0.2, -0.15) is 0 Å². The Kier molecular flexibility index (Phi) is 2.76. The molecular weight excluding hydrogens is 252 g/mol. The average Bonchev–Trinajstić information content (AvgIpc) is 2.65. The summed E-state index contributed by atoms with van der Waals surface area (Å²) >= 11 is 6.88. The summed E-state index contributed by atoms with van der Waals surface area (Å²) in [5.41, 5.74) is 0.384. The number of aromatic hydroxyl groups is 1. The van der Waals surface area contributed by atoms with Gasteiger partial charge in [-0.1, -0.05) is 11.6 Å². The Morgan fingerprint density at radius 2 is 2.25 bits per heavy atom. The van der Waals surface area contributed by atoms with Crippen molar-refractivity contribution in [3.63, 3.8) is 0 Å². The average molecular weight is 257 g/mol. The van der Waals surface area contributed by atoms with E-state index >= 15 is 0 Å². The van der Waals surface area contributed by atoms with Crippen LogP contribution in [0.25, 0.3) is 10.6 Å². The third-order valence-corrected chi connectivity index (χ3v) is 3.08. The van der Waals surface area contributed by atoms with Crippen LogP contribution in [0, 0.1) is 10.1 Å². The summed E-state index contributed by atoms with van der Waals surface area (Å²) in [6, 6.07) is 4.39. The molecule has 0 radical (unpaired) electrons. The fourth-order valence-electron chi connectivity index (χ4n) is 1.18. The number of thiazole rings is 1. The molecule has 1 aromatic heterocycles. The maximum atomic E-state index is 10.7. The summed E-state index contributed by atoms with van der Waals surface area (Å²) in [6.07, 6.45) is 0. The second-order valence-electron chi connectivity index (χ2n) is 2.93. The number of halogens is 1. The fourth-order valence-corrected chi connectivity index (χ4v) is 2.05. The largest absolute Gasteiger partial charge is 0.493 e. The summed E-state index contributed by atoms with van der Waals surface area (Å²) in [6.45, 7) is 0. The van der Waals surface area contributed by atoms with E-state index < -0.39 is 4.92 Å². The Labute approximate surface area is 99.1 Å². The molecule has 5 nitrogen and oxygen atoms in total. The van der Waals surface area contributed by atoms with E-state index in [4.69, 9.17) is 16.7 Å². The van der Waals surface area contributed by atoms with Gasteiger partial charge in [0.1, 0.15) is 10.0 Å². The molecule has 1 heterocycles. The normalized spacial score (nSPS) is 10.3. The molecule has 0 atom stereocenters. The lowest BCUT2D eigenvalue weighted by Crippen LogP contribution is -1.89. The highest BCUT2D eigenvalue weighted by molar-refractivity contribution is 7.13. The van der Waals surface area contributed by atoms with Gasteiger partial charge in [-0.15, -0.1) is 11.3 Å². The number of hydrogen-bond donors (Lipinski definition) is 1. The highest BCUT2D eigenvalue weighted by atomic mass is 35.5. The third kappa shape index (κ3) is 1.98. The molecule has 0 saturated carbocycles. The summed E-state index contributed by atoms with van der Waals surface area (Å²) in [5.74, 6) is -0.0994. The van der Waals surface area contributed by atoms with Gasteiger partial charge in [0.2, 0.25) is 5.88 Å². The molecule has 1 N–H and O–H groups in total. The molecule has 7 heteroatoms. The Morgan fingerprint density at radius 3 is 2.81 bits per heavy atom. The summed E-state index contributed by atoms with van der Waals surface area (Å²) in [4.78, 5) is 13.9. The molecule has 2 rings (SSSR count). The van der Waals surface area contributed by atoms with E-state index in [-0.39, 0.29) is 16.6 Å². The number of benzene rings is 1. The van der Waals surface area contributed by atoms with Gasteiger partial charge in [0.05, 0.1) is 10.3 Å². The number of aromatic nitrogens is 1. The molecule has 0 spiro atoms. The van der Waals surface area contributed by atoms with E-state index in [1.165, 1.54) is 28.8 Å². The van der Waals surface area contributed by atoms with Gasteiger partial charge in [-0.25, -0.2) is 4.98 Å². The van der Waals surface area contributed by atoms with Gasteiger partial charge in [0.15, 0.2) is 0 Å². The molecule has 16 heavy (non-hydrogen) atoms. The predicted molar refractivity (Wildman–Crippen MR) is 60.9 cm³/mol. The van der Waals surface area contributed by atoms with Crippen LogP contribution in [0.15, 0.2) is 23.6 Å². The van der Waals surface area contributed by atoms with Crippen LogP contribution in [0.3, 0.4) is 0 Å². The third-order valence-electron chi connectivity index (χ3n) is 1.88. The minimum atomic E-state index is -0.556. The number of nitrogens with zero attached hydrogens (tertiary/aromatic N) is 2. The van der Waals surface area contributed by atoms with Crippen LogP contribution >= 0.6 is 22.9 Å². The molecule has 2 aromatic rings. The molecular formula is C9H5ClN2O3S. The predicted octanol–water partition coefficient (Wildman–Crippen LogP) is 3.08. The van der Waals surface area contributed by atoms with Gasteiger partial charge in [0.25, 0.3) is 5.69 Å². The number of hydrogen-bond acceptors (Lipinski definition) is 5. The molecule has 0 bridgehead atoms. The first-order valence-corrected chi connectivity index (χ1v) is 5.42. The zero-order chi connectivity index (χ0) is 11.7. The lowest BCUT2D eigenvalue weighted by Gasteiger charge is -1.98. The van der Waals surface area contributed by atoms with Gasteiger partial charge < -0.3 is 5.11 Å². The number of nitro groups is 1. The Hall–Kier alpha value is -1.66. The van der Waals surface area contributed by atoms with E-state index in [1.54, 1.807) is 6.07 Å². The molecule has 0 fully saturated rings. The van der Waals surface area contributed by atoms with E-state index in [0.29, 0.717) is 10.6 Å². The van der Waals surface area contributed by atoms with Crippen molar-refractivity contribution >= 4 is 28.6 Å². The fraction of sp³-hybridized carbons (Fsp3) is 0. The summed E-state index contributed by atoms with van der Waals surface area (Å²) in [7, 11) is 0. The van der Waals surface area contributed by atoms with Gasteiger partial charge >= 0.3 is 0 Å². The second-order valence-corrected chi connectivity index (χ2v) is 4.20. The molecule has 0 amide bonds. The minimum Gasteiger partial charge on any atom is -0.493 e. The topological polar surface area (TPSA) is 76.3 Å². The van der Waals surface area contributed by atoms with Crippen molar-refractivity contribution in [2.45, 2.75) is 0 Å². The first-order chi connectivity index (χ1) is 7.58. The second kappa shape index (κ2) is 4.07. The van der Waals surface area contributed by atoms with Crippen molar-refractivity contribution in [2.75, 3.05) is 0 Å². The lowest BCUT2D eigenvalue weighted by molar-refractivity contribution is -0.384. The summed E-state index contributed by atoms with van der Waals surface area (Å²) in [5, 5.41) is 21.8. The Balaban J connectivity index is 2.51.